The van der Waals surface area contributed by atoms with Gasteiger partial charge in [0.25, 0.3) is 11.8 Å². The Morgan fingerprint density at radius 3 is 2.36 bits per heavy atom. The molecule has 3 heterocycles. The van der Waals surface area contributed by atoms with Crippen LogP contribution in [0.2, 0.25) is 0 Å². The van der Waals surface area contributed by atoms with E-state index in [1.54, 1.807) is 6.08 Å². The van der Waals surface area contributed by atoms with Gasteiger partial charge in [-0.25, -0.2) is 0 Å². The molecule has 6 heteroatoms. The summed E-state index contributed by atoms with van der Waals surface area (Å²) < 4.78 is 0. The van der Waals surface area contributed by atoms with E-state index >= 15 is 0 Å². The van der Waals surface area contributed by atoms with Crippen molar-refractivity contribution >= 4 is 28.7 Å². The molecular formula is C22H23N3O2S. The van der Waals surface area contributed by atoms with Gasteiger partial charge < -0.3 is 4.90 Å². The molecular weight excluding hydrogens is 370 g/mol. The van der Waals surface area contributed by atoms with Crippen molar-refractivity contribution in [2.24, 2.45) is 0 Å². The Balaban J connectivity index is 1.54. The van der Waals surface area contributed by atoms with Crippen LogP contribution < -0.4 is 0 Å². The van der Waals surface area contributed by atoms with Gasteiger partial charge in [0.05, 0.1) is 5.57 Å². The fourth-order valence-electron chi connectivity index (χ4n) is 3.77. The molecule has 5 nitrogen and oxygen atoms in total. The van der Waals surface area contributed by atoms with Gasteiger partial charge in [-0.2, -0.15) is 0 Å². The molecule has 0 aliphatic carbocycles. The van der Waals surface area contributed by atoms with Gasteiger partial charge >= 0.3 is 0 Å². The van der Waals surface area contributed by atoms with Crippen LogP contribution in [0.3, 0.4) is 0 Å². The standard InChI is InChI=1S/C22H23N3O2S/c1-2-10-25-21(26)19(18-9-6-15-28-18)20(22(25)27)24-13-11-23(12-14-24)16-17-7-4-3-5-8-17/h2-9,15H,1,10-14,16H2. The van der Waals surface area contributed by atoms with Gasteiger partial charge in [0.1, 0.15) is 5.70 Å². The number of amides is 2. The molecule has 0 N–H and O–H groups in total. The highest BCUT2D eigenvalue weighted by Crippen LogP contribution is 2.34. The topological polar surface area (TPSA) is 43.9 Å². The molecule has 2 aromatic rings. The molecule has 1 aromatic carbocycles. The summed E-state index contributed by atoms with van der Waals surface area (Å²) in [6.07, 6.45) is 1.60. The summed E-state index contributed by atoms with van der Waals surface area (Å²) in [5, 5.41) is 1.94. The van der Waals surface area contributed by atoms with Gasteiger partial charge in [0.15, 0.2) is 0 Å². The quantitative estimate of drug-likeness (QED) is 0.559. The predicted octanol–water partition coefficient (Wildman–Crippen LogP) is 2.83. The maximum atomic E-state index is 13.0. The van der Waals surface area contributed by atoms with Crippen LogP contribution in [0.1, 0.15) is 10.4 Å². The van der Waals surface area contributed by atoms with E-state index < -0.39 is 0 Å². The van der Waals surface area contributed by atoms with Crippen molar-refractivity contribution in [2.45, 2.75) is 6.54 Å². The van der Waals surface area contributed by atoms with Gasteiger partial charge in [-0.1, -0.05) is 42.5 Å². The van der Waals surface area contributed by atoms with Crippen molar-refractivity contribution in [1.82, 2.24) is 14.7 Å². The number of benzene rings is 1. The summed E-state index contributed by atoms with van der Waals surface area (Å²) in [6, 6.07) is 14.2. The molecule has 28 heavy (non-hydrogen) atoms. The summed E-state index contributed by atoms with van der Waals surface area (Å²) in [7, 11) is 0. The number of rotatable bonds is 6. The van der Waals surface area contributed by atoms with Gasteiger partial charge in [0.2, 0.25) is 0 Å². The molecule has 2 aliphatic rings. The van der Waals surface area contributed by atoms with Crippen molar-refractivity contribution in [3.63, 3.8) is 0 Å². The first-order chi connectivity index (χ1) is 13.7. The van der Waals surface area contributed by atoms with E-state index in [0.717, 1.165) is 37.6 Å². The minimum Gasteiger partial charge on any atom is -0.364 e. The fraction of sp³-hybridized carbons (Fsp3) is 0.273. The molecule has 0 bridgehead atoms. The lowest BCUT2D eigenvalue weighted by Gasteiger charge is -2.36. The highest BCUT2D eigenvalue weighted by atomic mass is 32.1. The first-order valence-electron chi connectivity index (χ1n) is 9.45. The Hall–Kier alpha value is -2.70. The Labute approximate surface area is 169 Å². The molecule has 0 radical (unpaired) electrons. The number of carbonyl (C=O) groups is 2. The third kappa shape index (κ3) is 3.53. The van der Waals surface area contributed by atoms with E-state index in [2.05, 4.69) is 40.6 Å². The van der Waals surface area contributed by atoms with E-state index in [9.17, 15) is 9.59 Å². The average molecular weight is 394 g/mol. The highest BCUT2D eigenvalue weighted by Gasteiger charge is 2.41. The lowest BCUT2D eigenvalue weighted by atomic mass is 10.1. The third-order valence-corrected chi connectivity index (χ3v) is 6.05. The normalized spacial score (nSPS) is 18.3. The van der Waals surface area contributed by atoms with Crippen LogP contribution in [-0.2, 0) is 16.1 Å². The molecule has 1 saturated heterocycles. The second kappa shape index (κ2) is 8.12. The first kappa shape index (κ1) is 18.7. The second-order valence-corrected chi connectivity index (χ2v) is 7.91. The van der Waals surface area contributed by atoms with Crippen molar-refractivity contribution in [1.29, 1.82) is 0 Å². The lowest BCUT2D eigenvalue weighted by molar-refractivity contribution is -0.137. The largest absolute Gasteiger partial charge is 0.364 e. The van der Waals surface area contributed by atoms with E-state index in [1.807, 2.05) is 23.6 Å². The molecule has 2 amide bonds. The van der Waals surface area contributed by atoms with Gasteiger partial charge in [-0.15, -0.1) is 17.9 Å². The number of thiophene rings is 1. The van der Waals surface area contributed by atoms with Crippen LogP contribution in [-0.4, -0.2) is 59.2 Å². The smallest absolute Gasteiger partial charge is 0.278 e. The van der Waals surface area contributed by atoms with Crippen LogP contribution in [0.15, 0.2) is 66.2 Å². The molecule has 0 spiro atoms. The van der Waals surface area contributed by atoms with E-state index in [0.29, 0.717) is 11.3 Å². The second-order valence-electron chi connectivity index (χ2n) is 6.96. The molecule has 2 aliphatic heterocycles. The summed E-state index contributed by atoms with van der Waals surface area (Å²) in [4.78, 5) is 32.6. The number of nitrogens with zero attached hydrogens (tertiary/aromatic N) is 3. The molecule has 4 rings (SSSR count). The Kier molecular flexibility index (Phi) is 5.41. The fourth-order valence-corrected chi connectivity index (χ4v) is 4.53. The number of imide groups is 1. The highest BCUT2D eigenvalue weighted by molar-refractivity contribution is 7.11. The Morgan fingerprint density at radius 1 is 0.964 bits per heavy atom. The zero-order valence-corrected chi connectivity index (χ0v) is 16.5. The summed E-state index contributed by atoms with van der Waals surface area (Å²) >= 11 is 1.50. The van der Waals surface area contributed by atoms with Crippen LogP contribution in [0, 0.1) is 0 Å². The molecule has 0 unspecified atom stereocenters. The van der Waals surface area contributed by atoms with E-state index in [4.69, 9.17) is 0 Å². The van der Waals surface area contributed by atoms with Crippen molar-refractivity contribution in [3.05, 3.63) is 76.6 Å². The average Bonchev–Trinajstić information content (AvgIpc) is 3.32. The van der Waals surface area contributed by atoms with Crippen LogP contribution >= 0.6 is 11.3 Å². The van der Waals surface area contributed by atoms with Gasteiger partial charge in [-0.3, -0.25) is 19.4 Å². The molecule has 1 aromatic heterocycles. The minimum absolute atomic E-state index is 0.204. The Morgan fingerprint density at radius 2 is 1.71 bits per heavy atom. The zero-order valence-electron chi connectivity index (χ0n) is 15.7. The molecule has 1 fully saturated rings. The van der Waals surface area contributed by atoms with Crippen LogP contribution in [0.25, 0.3) is 5.57 Å². The van der Waals surface area contributed by atoms with E-state index in [-0.39, 0.29) is 18.4 Å². The monoisotopic (exact) mass is 393 g/mol. The van der Waals surface area contributed by atoms with Crippen molar-refractivity contribution in [3.8, 4) is 0 Å². The number of hydrogen-bond donors (Lipinski definition) is 0. The zero-order chi connectivity index (χ0) is 19.5. The summed E-state index contributed by atoms with van der Waals surface area (Å²) in [5.41, 5.74) is 2.38. The SMILES string of the molecule is C=CCN1C(=O)C(c2cccs2)=C(N2CCN(Cc3ccccc3)CC2)C1=O. The summed E-state index contributed by atoms with van der Waals surface area (Å²) in [6.45, 7) is 8.02. The minimum atomic E-state index is -0.214. The first-order valence-corrected chi connectivity index (χ1v) is 10.3. The van der Waals surface area contributed by atoms with Crippen molar-refractivity contribution in [2.75, 3.05) is 32.7 Å². The molecule has 0 saturated carbocycles. The maximum Gasteiger partial charge on any atom is 0.278 e. The van der Waals surface area contributed by atoms with E-state index in [1.165, 1.54) is 21.8 Å². The van der Waals surface area contributed by atoms with Gasteiger partial charge in [0, 0.05) is 44.1 Å². The molecule has 144 valence electrons. The Bertz CT molecular complexity index is 897. The number of carbonyl (C=O) groups excluding carboxylic acids is 2. The number of hydrogen-bond acceptors (Lipinski definition) is 5. The lowest BCUT2D eigenvalue weighted by Crippen LogP contribution is -2.47. The molecule has 0 atom stereocenters. The van der Waals surface area contributed by atoms with Crippen LogP contribution in [0.5, 0.6) is 0 Å². The van der Waals surface area contributed by atoms with Gasteiger partial charge in [-0.05, 0) is 17.0 Å². The van der Waals surface area contributed by atoms with Crippen LogP contribution in [0.4, 0.5) is 0 Å². The van der Waals surface area contributed by atoms with Crippen molar-refractivity contribution < 1.29 is 9.59 Å². The maximum absolute atomic E-state index is 13.0. The third-order valence-electron chi connectivity index (χ3n) is 5.16. The predicted molar refractivity (Wildman–Crippen MR) is 111 cm³/mol. The number of piperazine rings is 1. The summed E-state index contributed by atoms with van der Waals surface area (Å²) in [5.74, 6) is -0.418.